The minimum atomic E-state index is -0.160. The van der Waals surface area contributed by atoms with Crippen molar-refractivity contribution < 1.29 is 4.79 Å². The molecule has 2 atom stereocenters. The second-order valence-corrected chi connectivity index (χ2v) is 6.43. The monoisotopic (exact) mass is 260 g/mol. The van der Waals surface area contributed by atoms with Crippen LogP contribution in [0.3, 0.4) is 0 Å². The molecule has 1 aliphatic heterocycles. The first-order chi connectivity index (χ1) is 8.90. The van der Waals surface area contributed by atoms with Crippen molar-refractivity contribution in [3.8, 4) is 0 Å². The summed E-state index contributed by atoms with van der Waals surface area (Å²) in [6.45, 7) is 9.35. The summed E-state index contributed by atoms with van der Waals surface area (Å²) in [6.07, 6.45) is 0. The van der Waals surface area contributed by atoms with Crippen molar-refractivity contribution in [3.63, 3.8) is 0 Å². The molecule has 2 N–H and O–H groups in total. The lowest BCUT2D eigenvalue weighted by Crippen LogP contribution is -2.36. The molecular weight excluding hydrogens is 236 g/mol. The van der Waals surface area contributed by atoms with Gasteiger partial charge in [0.25, 0.3) is 0 Å². The molecule has 3 nitrogen and oxygen atoms in total. The summed E-state index contributed by atoms with van der Waals surface area (Å²) in [5.41, 5.74) is 6.89. The maximum absolute atomic E-state index is 11.4. The van der Waals surface area contributed by atoms with Gasteiger partial charge in [-0.2, -0.15) is 0 Å². The van der Waals surface area contributed by atoms with E-state index in [2.05, 4.69) is 49.9 Å². The maximum Gasteiger partial charge on any atom is 0.222 e. The summed E-state index contributed by atoms with van der Waals surface area (Å²) in [5, 5.41) is 0. The number of nitrogens with two attached hydrogens (primary N) is 1. The molecule has 0 bridgehead atoms. The van der Waals surface area contributed by atoms with Crippen LogP contribution >= 0.6 is 0 Å². The van der Waals surface area contributed by atoms with E-state index >= 15 is 0 Å². The molecule has 1 saturated heterocycles. The Hall–Kier alpha value is -1.35. The van der Waals surface area contributed by atoms with E-state index in [9.17, 15) is 4.79 Å². The highest BCUT2D eigenvalue weighted by Crippen LogP contribution is 2.29. The fourth-order valence-electron chi connectivity index (χ4n) is 3.11. The summed E-state index contributed by atoms with van der Waals surface area (Å²) in [5.74, 6) is 0.211. The molecule has 0 aliphatic carbocycles. The number of carbonyl (C=O) groups excluding carboxylic acids is 1. The topological polar surface area (TPSA) is 46.3 Å². The van der Waals surface area contributed by atoms with Crippen molar-refractivity contribution >= 4 is 5.91 Å². The van der Waals surface area contributed by atoms with Crippen LogP contribution in [0.15, 0.2) is 30.3 Å². The lowest BCUT2D eigenvalue weighted by Gasteiger charge is -2.30. The SMILES string of the molecule is C[C@@H]1CN(CC(C)(C)c2ccccc2)C[C@H]1C(N)=O. The van der Waals surface area contributed by atoms with Gasteiger partial charge in [0.15, 0.2) is 0 Å². The van der Waals surface area contributed by atoms with E-state index in [-0.39, 0.29) is 17.2 Å². The first-order valence-corrected chi connectivity index (χ1v) is 6.97. The van der Waals surface area contributed by atoms with Crippen LogP contribution in [0.25, 0.3) is 0 Å². The Labute approximate surface area is 115 Å². The summed E-state index contributed by atoms with van der Waals surface area (Å²) >= 11 is 0. The fourth-order valence-corrected chi connectivity index (χ4v) is 3.11. The van der Waals surface area contributed by atoms with Crippen LogP contribution in [-0.2, 0) is 10.2 Å². The molecule has 1 amide bonds. The summed E-state index contributed by atoms with van der Waals surface area (Å²) in [7, 11) is 0. The van der Waals surface area contributed by atoms with Crippen molar-refractivity contribution in [2.45, 2.75) is 26.2 Å². The van der Waals surface area contributed by atoms with Gasteiger partial charge in [0.05, 0.1) is 5.92 Å². The molecular formula is C16H24N2O. The number of hydrogen-bond acceptors (Lipinski definition) is 2. The second-order valence-electron chi connectivity index (χ2n) is 6.43. The van der Waals surface area contributed by atoms with Gasteiger partial charge in [-0.3, -0.25) is 4.79 Å². The Balaban J connectivity index is 2.04. The van der Waals surface area contributed by atoms with E-state index in [0.29, 0.717) is 5.92 Å². The molecule has 3 heteroatoms. The molecule has 0 spiro atoms. The minimum absolute atomic E-state index is 0.00609. The van der Waals surface area contributed by atoms with E-state index in [1.807, 2.05) is 6.07 Å². The average molecular weight is 260 g/mol. The number of primary amides is 1. The first kappa shape index (κ1) is 14.1. The molecule has 0 saturated carbocycles. The predicted molar refractivity (Wildman–Crippen MR) is 77.8 cm³/mol. The number of benzene rings is 1. The van der Waals surface area contributed by atoms with Gasteiger partial charge in [0.2, 0.25) is 5.91 Å². The van der Waals surface area contributed by atoms with Gasteiger partial charge in [-0.25, -0.2) is 0 Å². The van der Waals surface area contributed by atoms with E-state index in [1.165, 1.54) is 5.56 Å². The Morgan fingerprint density at radius 3 is 2.47 bits per heavy atom. The fraction of sp³-hybridized carbons (Fsp3) is 0.562. The number of likely N-dealkylation sites (tertiary alicyclic amines) is 1. The molecule has 0 unspecified atom stereocenters. The van der Waals surface area contributed by atoms with Crippen LogP contribution in [0.4, 0.5) is 0 Å². The molecule has 1 aromatic rings. The minimum Gasteiger partial charge on any atom is -0.369 e. The van der Waals surface area contributed by atoms with Gasteiger partial charge < -0.3 is 10.6 Å². The zero-order valence-electron chi connectivity index (χ0n) is 12.1. The number of rotatable bonds is 4. The zero-order chi connectivity index (χ0) is 14.0. The maximum atomic E-state index is 11.4. The Bertz CT molecular complexity index is 441. The summed E-state index contributed by atoms with van der Waals surface area (Å²) in [4.78, 5) is 13.8. The van der Waals surface area contributed by atoms with Crippen LogP contribution in [0.1, 0.15) is 26.3 Å². The number of nitrogens with zero attached hydrogens (tertiary/aromatic N) is 1. The number of carbonyl (C=O) groups is 1. The summed E-state index contributed by atoms with van der Waals surface area (Å²) < 4.78 is 0. The van der Waals surface area contributed by atoms with Crippen molar-refractivity contribution in [1.29, 1.82) is 0 Å². The third-order valence-electron chi connectivity index (χ3n) is 4.23. The van der Waals surface area contributed by atoms with Crippen LogP contribution in [-0.4, -0.2) is 30.4 Å². The zero-order valence-corrected chi connectivity index (χ0v) is 12.1. The van der Waals surface area contributed by atoms with Gasteiger partial charge in [0, 0.05) is 25.0 Å². The Morgan fingerprint density at radius 1 is 1.32 bits per heavy atom. The smallest absolute Gasteiger partial charge is 0.222 e. The quantitative estimate of drug-likeness (QED) is 0.900. The van der Waals surface area contributed by atoms with Gasteiger partial charge in [-0.05, 0) is 11.5 Å². The summed E-state index contributed by atoms with van der Waals surface area (Å²) in [6, 6.07) is 10.5. The number of amides is 1. The predicted octanol–water partition coefficient (Wildman–Crippen LogP) is 2.02. The van der Waals surface area contributed by atoms with Gasteiger partial charge in [0.1, 0.15) is 0 Å². The Morgan fingerprint density at radius 2 is 1.95 bits per heavy atom. The molecule has 19 heavy (non-hydrogen) atoms. The van der Waals surface area contributed by atoms with Crippen molar-refractivity contribution in [2.24, 2.45) is 17.6 Å². The average Bonchev–Trinajstić information content (AvgIpc) is 2.71. The highest BCUT2D eigenvalue weighted by molar-refractivity contribution is 5.77. The van der Waals surface area contributed by atoms with E-state index in [1.54, 1.807) is 0 Å². The van der Waals surface area contributed by atoms with Crippen molar-refractivity contribution in [1.82, 2.24) is 4.90 Å². The lowest BCUT2D eigenvalue weighted by molar-refractivity contribution is -0.122. The highest BCUT2D eigenvalue weighted by Gasteiger charge is 2.36. The Kier molecular flexibility index (Phi) is 3.95. The third-order valence-corrected chi connectivity index (χ3v) is 4.23. The lowest BCUT2D eigenvalue weighted by atomic mass is 9.84. The van der Waals surface area contributed by atoms with Crippen LogP contribution in [0.2, 0.25) is 0 Å². The second kappa shape index (κ2) is 5.33. The standard InChI is InChI=1S/C16H24N2O/c1-12-9-18(10-14(12)15(17)19)11-16(2,3)13-7-5-4-6-8-13/h4-8,12,14H,9-11H2,1-3H3,(H2,17,19)/t12-,14-/m1/s1. The van der Waals surface area contributed by atoms with E-state index in [4.69, 9.17) is 5.73 Å². The van der Waals surface area contributed by atoms with Gasteiger partial charge in [-0.1, -0.05) is 51.1 Å². The molecule has 1 heterocycles. The van der Waals surface area contributed by atoms with E-state index < -0.39 is 0 Å². The molecule has 104 valence electrons. The first-order valence-electron chi connectivity index (χ1n) is 6.97. The highest BCUT2D eigenvalue weighted by atomic mass is 16.1. The van der Waals surface area contributed by atoms with E-state index in [0.717, 1.165) is 19.6 Å². The normalized spacial score (nSPS) is 24.6. The third kappa shape index (κ3) is 3.16. The molecule has 1 aliphatic rings. The molecule has 2 rings (SSSR count). The van der Waals surface area contributed by atoms with Crippen LogP contribution in [0, 0.1) is 11.8 Å². The van der Waals surface area contributed by atoms with Crippen LogP contribution < -0.4 is 5.73 Å². The van der Waals surface area contributed by atoms with Crippen molar-refractivity contribution in [2.75, 3.05) is 19.6 Å². The number of hydrogen-bond donors (Lipinski definition) is 1. The molecule has 0 aromatic heterocycles. The molecule has 1 fully saturated rings. The molecule has 1 aromatic carbocycles. The largest absolute Gasteiger partial charge is 0.369 e. The van der Waals surface area contributed by atoms with Crippen LogP contribution in [0.5, 0.6) is 0 Å². The van der Waals surface area contributed by atoms with Gasteiger partial charge >= 0.3 is 0 Å². The molecule has 0 radical (unpaired) electrons. The van der Waals surface area contributed by atoms with Gasteiger partial charge in [-0.15, -0.1) is 0 Å². The van der Waals surface area contributed by atoms with Crippen molar-refractivity contribution in [3.05, 3.63) is 35.9 Å².